The molecule has 0 spiro atoms. The summed E-state index contributed by atoms with van der Waals surface area (Å²) in [6.07, 6.45) is 0. The van der Waals surface area contributed by atoms with E-state index in [2.05, 4.69) is 15.5 Å². The average molecular weight is 390 g/mol. The van der Waals surface area contributed by atoms with Crippen LogP contribution in [0.3, 0.4) is 0 Å². The van der Waals surface area contributed by atoms with Crippen molar-refractivity contribution < 1.29 is 14.3 Å². The van der Waals surface area contributed by atoms with Crippen LogP contribution in [0.25, 0.3) is 0 Å². The van der Waals surface area contributed by atoms with Gasteiger partial charge in [0.15, 0.2) is 17.2 Å². The summed E-state index contributed by atoms with van der Waals surface area (Å²) in [6, 6.07) is 19.2. The smallest absolute Gasteiger partial charge is 0.274 e. The van der Waals surface area contributed by atoms with Crippen LogP contribution < -0.4 is 14.8 Å². The predicted octanol–water partition coefficient (Wildman–Crippen LogP) is 3.48. The lowest BCUT2D eigenvalue weighted by Gasteiger charge is -2.20. The van der Waals surface area contributed by atoms with E-state index < -0.39 is 0 Å². The molecule has 0 saturated heterocycles. The molecule has 7 nitrogen and oxygen atoms in total. The number of carbonyl (C=O) groups excluding carboxylic acids is 1. The molecule has 148 valence electrons. The summed E-state index contributed by atoms with van der Waals surface area (Å²) in [5.41, 5.74) is 2.45. The van der Waals surface area contributed by atoms with Crippen LogP contribution in [-0.4, -0.2) is 34.3 Å². The van der Waals surface area contributed by atoms with Gasteiger partial charge >= 0.3 is 0 Å². The number of hydrogen-bond donors (Lipinski definition) is 1. The van der Waals surface area contributed by atoms with Gasteiger partial charge in [0.05, 0.1) is 0 Å². The molecule has 3 aromatic rings. The van der Waals surface area contributed by atoms with Gasteiger partial charge in [0.25, 0.3) is 5.91 Å². The van der Waals surface area contributed by atoms with Gasteiger partial charge in [-0.2, -0.15) is 0 Å². The minimum atomic E-state index is -0.133. The van der Waals surface area contributed by atoms with E-state index in [0.29, 0.717) is 31.1 Å². The van der Waals surface area contributed by atoms with Crippen LogP contribution in [0.4, 0.5) is 5.82 Å². The number of aromatic nitrogens is 2. The lowest BCUT2D eigenvalue weighted by molar-refractivity contribution is 0.0745. The van der Waals surface area contributed by atoms with Gasteiger partial charge < -0.3 is 19.7 Å². The highest BCUT2D eigenvalue weighted by molar-refractivity contribution is 5.92. The zero-order valence-corrected chi connectivity index (χ0v) is 16.2. The first-order valence-electron chi connectivity index (χ1n) is 9.52. The number of hydrogen-bond acceptors (Lipinski definition) is 6. The Kier molecular flexibility index (Phi) is 5.56. The van der Waals surface area contributed by atoms with Gasteiger partial charge in [-0.3, -0.25) is 4.79 Å². The molecule has 0 radical (unpaired) electrons. The van der Waals surface area contributed by atoms with E-state index in [-0.39, 0.29) is 12.7 Å². The molecule has 1 aliphatic heterocycles. The Morgan fingerprint density at radius 1 is 1.00 bits per heavy atom. The number of nitrogens with zero attached hydrogens (tertiary/aromatic N) is 3. The van der Waals surface area contributed by atoms with Crippen molar-refractivity contribution in [2.45, 2.75) is 20.0 Å². The van der Waals surface area contributed by atoms with Gasteiger partial charge in [0.1, 0.15) is 5.82 Å². The van der Waals surface area contributed by atoms with E-state index in [1.165, 1.54) is 0 Å². The largest absolute Gasteiger partial charge is 0.454 e. The molecule has 0 fully saturated rings. The maximum Gasteiger partial charge on any atom is 0.274 e. The summed E-state index contributed by atoms with van der Waals surface area (Å²) < 4.78 is 10.7. The lowest BCUT2D eigenvalue weighted by atomic mass is 10.2. The molecule has 1 amide bonds. The van der Waals surface area contributed by atoms with E-state index in [0.717, 1.165) is 22.6 Å². The maximum absolute atomic E-state index is 12.8. The summed E-state index contributed by atoms with van der Waals surface area (Å²) in [4.78, 5) is 14.5. The highest BCUT2D eigenvalue weighted by Crippen LogP contribution is 2.32. The second-order valence-electron chi connectivity index (χ2n) is 6.65. The monoisotopic (exact) mass is 390 g/mol. The van der Waals surface area contributed by atoms with E-state index in [1.54, 1.807) is 17.0 Å². The van der Waals surface area contributed by atoms with Crippen molar-refractivity contribution in [1.29, 1.82) is 0 Å². The molecule has 2 aromatic carbocycles. The van der Waals surface area contributed by atoms with Gasteiger partial charge in [-0.25, -0.2) is 0 Å². The predicted molar refractivity (Wildman–Crippen MR) is 109 cm³/mol. The van der Waals surface area contributed by atoms with E-state index in [4.69, 9.17) is 9.47 Å². The average Bonchev–Trinajstić information content (AvgIpc) is 3.24. The first kappa shape index (κ1) is 18.7. The topological polar surface area (TPSA) is 76.6 Å². The third-order valence-electron chi connectivity index (χ3n) is 4.68. The fraction of sp³-hybridized carbons (Fsp3) is 0.227. The van der Waals surface area contributed by atoms with Crippen molar-refractivity contribution in [2.24, 2.45) is 0 Å². The Labute approximate surface area is 169 Å². The van der Waals surface area contributed by atoms with E-state index in [1.807, 2.05) is 55.5 Å². The van der Waals surface area contributed by atoms with Crippen molar-refractivity contribution >= 4 is 11.7 Å². The van der Waals surface area contributed by atoms with Crippen LogP contribution in [0.15, 0.2) is 60.7 Å². The minimum absolute atomic E-state index is 0.133. The molecule has 7 heteroatoms. The molecule has 0 saturated carbocycles. The van der Waals surface area contributed by atoms with Gasteiger partial charge in [0, 0.05) is 19.6 Å². The van der Waals surface area contributed by atoms with Gasteiger partial charge in [-0.1, -0.05) is 36.4 Å². The fourth-order valence-corrected chi connectivity index (χ4v) is 3.08. The van der Waals surface area contributed by atoms with Crippen molar-refractivity contribution in [2.75, 3.05) is 18.7 Å². The van der Waals surface area contributed by atoms with Crippen LogP contribution in [0, 0.1) is 0 Å². The van der Waals surface area contributed by atoms with Crippen molar-refractivity contribution in [3.63, 3.8) is 0 Å². The molecule has 0 aliphatic carbocycles. The van der Waals surface area contributed by atoms with Crippen LogP contribution in [0.5, 0.6) is 11.5 Å². The number of anilines is 1. The number of benzene rings is 2. The van der Waals surface area contributed by atoms with E-state index in [9.17, 15) is 4.79 Å². The van der Waals surface area contributed by atoms with Crippen LogP contribution in [0.1, 0.15) is 28.5 Å². The molecule has 0 unspecified atom stereocenters. The normalized spacial score (nSPS) is 11.9. The quantitative estimate of drug-likeness (QED) is 0.666. The van der Waals surface area contributed by atoms with Crippen molar-refractivity contribution in [3.8, 4) is 11.5 Å². The van der Waals surface area contributed by atoms with Crippen LogP contribution in [0.2, 0.25) is 0 Å². The molecular weight excluding hydrogens is 368 g/mol. The molecule has 1 N–H and O–H groups in total. The molecule has 29 heavy (non-hydrogen) atoms. The number of ether oxygens (including phenoxy) is 2. The summed E-state index contributed by atoms with van der Waals surface area (Å²) in [5, 5.41) is 11.5. The van der Waals surface area contributed by atoms with Gasteiger partial charge in [0.2, 0.25) is 6.79 Å². The third-order valence-corrected chi connectivity index (χ3v) is 4.68. The molecule has 0 atom stereocenters. The summed E-state index contributed by atoms with van der Waals surface area (Å²) >= 11 is 0. The maximum atomic E-state index is 12.8. The van der Waals surface area contributed by atoms with Gasteiger partial charge in [-0.15, -0.1) is 10.2 Å². The highest BCUT2D eigenvalue weighted by atomic mass is 16.7. The van der Waals surface area contributed by atoms with Crippen LogP contribution in [-0.2, 0) is 13.1 Å². The number of fused-ring (bicyclic) bond motifs is 1. The number of carbonyl (C=O) groups is 1. The Bertz CT molecular complexity index is 977. The van der Waals surface area contributed by atoms with Crippen LogP contribution >= 0.6 is 0 Å². The fourth-order valence-electron chi connectivity index (χ4n) is 3.08. The summed E-state index contributed by atoms with van der Waals surface area (Å²) in [7, 11) is 0. The lowest BCUT2D eigenvalue weighted by Crippen LogP contribution is -2.31. The Hall–Kier alpha value is -3.61. The second kappa shape index (κ2) is 8.60. The number of nitrogens with one attached hydrogen (secondary N) is 1. The zero-order valence-electron chi connectivity index (χ0n) is 16.2. The highest BCUT2D eigenvalue weighted by Gasteiger charge is 2.17. The van der Waals surface area contributed by atoms with E-state index >= 15 is 0 Å². The summed E-state index contributed by atoms with van der Waals surface area (Å²) in [6.45, 7) is 3.91. The van der Waals surface area contributed by atoms with Crippen molar-refractivity contribution in [1.82, 2.24) is 15.1 Å². The molecule has 0 bridgehead atoms. The van der Waals surface area contributed by atoms with Gasteiger partial charge in [-0.05, 0) is 42.3 Å². The Morgan fingerprint density at radius 3 is 2.59 bits per heavy atom. The summed E-state index contributed by atoms with van der Waals surface area (Å²) in [5.74, 6) is 1.97. The standard InChI is InChI=1S/C22H22N4O3/c1-2-26(14-16-6-4-3-5-7-16)22(27)18-9-11-21(25-24-18)23-13-17-8-10-19-20(12-17)29-15-28-19/h3-12H,2,13-15H2,1H3,(H,23,25). The second-order valence-corrected chi connectivity index (χ2v) is 6.65. The minimum Gasteiger partial charge on any atom is -0.454 e. The molecular formula is C22H22N4O3. The zero-order chi connectivity index (χ0) is 20.1. The first-order valence-corrected chi connectivity index (χ1v) is 9.52. The molecule has 2 heterocycles. The molecule has 4 rings (SSSR count). The number of amides is 1. The first-order chi connectivity index (χ1) is 14.2. The van der Waals surface area contributed by atoms with Crippen molar-refractivity contribution in [3.05, 3.63) is 77.5 Å². The Balaban J connectivity index is 1.37. The third kappa shape index (κ3) is 4.45. The number of rotatable bonds is 7. The SMILES string of the molecule is CCN(Cc1ccccc1)C(=O)c1ccc(NCc2ccc3c(c2)OCO3)nn1. The Morgan fingerprint density at radius 2 is 1.83 bits per heavy atom. The molecule has 1 aromatic heterocycles. The molecule has 1 aliphatic rings.